The maximum Gasteiger partial charge on any atom is 0.260 e. The lowest BCUT2D eigenvalue weighted by molar-refractivity contribution is 0.449. The smallest absolute Gasteiger partial charge is 0.260 e. The molecule has 1 aliphatic rings. The molecule has 0 saturated carbocycles. The van der Waals surface area contributed by atoms with Crippen LogP contribution in [0.2, 0.25) is 0 Å². The first kappa shape index (κ1) is 16.3. The Morgan fingerprint density at radius 3 is 2.50 bits per heavy atom. The Hall–Kier alpha value is -3.19. The SMILES string of the molecule is N=C1c2c(O)[nH]c(=O)/c(=C/c3ccc(Br)cc3)c2=NN1c1ccccc1. The van der Waals surface area contributed by atoms with Crippen LogP contribution in [-0.2, 0) is 0 Å². The number of aromatic nitrogens is 1. The molecular formula is C19H13BrN4O2. The van der Waals surface area contributed by atoms with E-state index in [1.807, 2.05) is 42.5 Å². The molecule has 3 N–H and O–H groups in total. The molecule has 6 nitrogen and oxygen atoms in total. The minimum atomic E-state index is -0.462. The number of aromatic amines is 1. The highest BCUT2D eigenvalue weighted by Gasteiger charge is 2.26. The number of amidine groups is 1. The Balaban J connectivity index is 1.98. The van der Waals surface area contributed by atoms with Crippen LogP contribution in [0.3, 0.4) is 0 Å². The van der Waals surface area contributed by atoms with Crippen molar-refractivity contribution < 1.29 is 5.11 Å². The highest BCUT2D eigenvalue weighted by atomic mass is 79.9. The lowest BCUT2D eigenvalue weighted by Gasteiger charge is -2.13. The number of hydrogen-bond donors (Lipinski definition) is 3. The second-order valence-corrected chi connectivity index (χ2v) is 6.65. The largest absolute Gasteiger partial charge is 0.494 e. The van der Waals surface area contributed by atoms with E-state index in [1.54, 1.807) is 18.2 Å². The van der Waals surface area contributed by atoms with E-state index in [4.69, 9.17) is 5.41 Å². The van der Waals surface area contributed by atoms with Gasteiger partial charge in [-0.25, -0.2) is 5.01 Å². The van der Waals surface area contributed by atoms with E-state index in [0.717, 1.165) is 10.0 Å². The van der Waals surface area contributed by atoms with Gasteiger partial charge in [0.25, 0.3) is 5.56 Å². The molecule has 7 heteroatoms. The number of pyridine rings is 1. The van der Waals surface area contributed by atoms with Crippen LogP contribution < -0.4 is 21.1 Å². The Bertz CT molecular complexity index is 1190. The van der Waals surface area contributed by atoms with Crippen molar-refractivity contribution >= 4 is 33.5 Å². The summed E-state index contributed by atoms with van der Waals surface area (Å²) in [6, 6.07) is 16.6. The average Bonchev–Trinajstić information content (AvgIpc) is 2.99. The Morgan fingerprint density at radius 2 is 1.81 bits per heavy atom. The third kappa shape index (κ3) is 2.72. The fourth-order valence-electron chi connectivity index (χ4n) is 2.79. The maximum atomic E-state index is 12.4. The van der Waals surface area contributed by atoms with Gasteiger partial charge in [0.2, 0.25) is 5.88 Å². The molecule has 1 aliphatic heterocycles. The number of anilines is 1. The molecule has 0 spiro atoms. The number of hydrogen-bond acceptors (Lipinski definition) is 4. The topological polar surface area (TPSA) is 92.5 Å². The van der Waals surface area contributed by atoms with Crippen molar-refractivity contribution in [1.82, 2.24) is 4.98 Å². The van der Waals surface area contributed by atoms with Crippen LogP contribution >= 0.6 is 15.9 Å². The van der Waals surface area contributed by atoms with Crippen LogP contribution in [0.1, 0.15) is 11.1 Å². The minimum Gasteiger partial charge on any atom is -0.494 e. The van der Waals surface area contributed by atoms with Gasteiger partial charge in [-0.1, -0.05) is 46.3 Å². The van der Waals surface area contributed by atoms with Crippen molar-refractivity contribution in [3.05, 3.63) is 91.1 Å². The quantitative estimate of drug-likeness (QED) is 0.605. The second-order valence-electron chi connectivity index (χ2n) is 5.73. The number of nitrogens with one attached hydrogen (secondary N) is 2. The van der Waals surface area contributed by atoms with E-state index in [1.165, 1.54) is 5.01 Å². The summed E-state index contributed by atoms with van der Waals surface area (Å²) in [7, 11) is 0. The molecular weight excluding hydrogens is 396 g/mol. The minimum absolute atomic E-state index is 0.00501. The molecule has 128 valence electrons. The van der Waals surface area contributed by atoms with Gasteiger partial charge in [-0.05, 0) is 35.9 Å². The van der Waals surface area contributed by atoms with Gasteiger partial charge in [-0.2, -0.15) is 5.10 Å². The molecule has 3 aromatic rings. The molecule has 0 amide bonds. The molecule has 1 aromatic heterocycles. The summed E-state index contributed by atoms with van der Waals surface area (Å²) < 4.78 is 0.932. The molecule has 26 heavy (non-hydrogen) atoms. The molecule has 0 saturated heterocycles. The van der Waals surface area contributed by atoms with E-state index in [2.05, 4.69) is 26.0 Å². The molecule has 0 unspecified atom stereocenters. The molecule has 2 heterocycles. The van der Waals surface area contributed by atoms with E-state index in [9.17, 15) is 9.90 Å². The summed E-state index contributed by atoms with van der Waals surface area (Å²) in [6.07, 6.45) is 1.69. The fourth-order valence-corrected chi connectivity index (χ4v) is 3.06. The number of aromatic hydroxyl groups is 1. The van der Waals surface area contributed by atoms with Gasteiger partial charge in [-0.15, -0.1) is 0 Å². The van der Waals surface area contributed by atoms with Crippen molar-refractivity contribution in [2.45, 2.75) is 0 Å². The van der Waals surface area contributed by atoms with Gasteiger partial charge >= 0.3 is 0 Å². The molecule has 2 aromatic carbocycles. The van der Waals surface area contributed by atoms with Gasteiger partial charge in [0.1, 0.15) is 10.9 Å². The fraction of sp³-hybridized carbons (Fsp3) is 0. The Morgan fingerprint density at radius 1 is 1.12 bits per heavy atom. The zero-order valence-electron chi connectivity index (χ0n) is 13.4. The molecule has 0 bridgehead atoms. The number of H-pyrrole nitrogens is 1. The third-order valence-corrected chi connectivity index (χ3v) is 4.56. The van der Waals surface area contributed by atoms with Crippen LogP contribution in [0, 0.1) is 5.41 Å². The van der Waals surface area contributed by atoms with Crippen molar-refractivity contribution in [3.63, 3.8) is 0 Å². The monoisotopic (exact) mass is 408 g/mol. The van der Waals surface area contributed by atoms with Crippen molar-refractivity contribution in [2.24, 2.45) is 5.10 Å². The molecule has 0 radical (unpaired) electrons. The predicted molar refractivity (Wildman–Crippen MR) is 103 cm³/mol. The first-order valence-electron chi connectivity index (χ1n) is 7.80. The number of rotatable bonds is 2. The van der Waals surface area contributed by atoms with Crippen molar-refractivity contribution in [2.75, 3.05) is 5.01 Å². The van der Waals surface area contributed by atoms with E-state index in [0.29, 0.717) is 10.9 Å². The van der Waals surface area contributed by atoms with Gasteiger partial charge < -0.3 is 5.11 Å². The highest BCUT2D eigenvalue weighted by Crippen LogP contribution is 2.21. The normalized spacial score (nSPS) is 13.7. The lowest BCUT2D eigenvalue weighted by atomic mass is 10.1. The van der Waals surface area contributed by atoms with Gasteiger partial charge in [0.15, 0.2) is 5.84 Å². The van der Waals surface area contributed by atoms with Crippen molar-refractivity contribution in [3.8, 4) is 5.88 Å². The number of halogens is 1. The second kappa shape index (κ2) is 6.27. The summed E-state index contributed by atoms with van der Waals surface area (Å²) in [4.78, 5) is 14.8. The average molecular weight is 409 g/mol. The number of fused-ring (bicyclic) bond motifs is 1. The number of nitrogens with zero attached hydrogens (tertiary/aromatic N) is 2. The zero-order valence-corrected chi connectivity index (χ0v) is 15.0. The van der Waals surface area contributed by atoms with Crippen LogP contribution in [0.25, 0.3) is 6.08 Å². The van der Waals surface area contributed by atoms with Crippen LogP contribution in [0.15, 0.2) is 69.0 Å². The standard InChI is InChI=1S/C19H13BrN4O2/c20-12-8-6-11(7-9-12)10-14-16-15(19(26)22-18(14)25)17(21)24(23-16)13-4-2-1-3-5-13/h1-10,21,26H,(H,22,25)/b14-10+,21-17?. The third-order valence-electron chi connectivity index (χ3n) is 4.04. The molecule has 4 rings (SSSR count). The van der Waals surface area contributed by atoms with Crippen molar-refractivity contribution in [1.29, 1.82) is 5.41 Å². The molecule has 0 fully saturated rings. The number of benzene rings is 2. The van der Waals surface area contributed by atoms with E-state index >= 15 is 0 Å². The van der Waals surface area contributed by atoms with Crippen LogP contribution in [-0.4, -0.2) is 15.9 Å². The van der Waals surface area contributed by atoms with Crippen LogP contribution in [0.4, 0.5) is 5.69 Å². The number of para-hydroxylation sites is 1. The van der Waals surface area contributed by atoms with Gasteiger partial charge in [0, 0.05) is 4.47 Å². The first-order valence-corrected chi connectivity index (χ1v) is 8.59. The summed E-state index contributed by atoms with van der Waals surface area (Å²) in [5.74, 6) is -0.351. The summed E-state index contributed by atoms with van der Waals surface area (Å²) >= 11 is 3.38. The Kier molecular flexibility index (Phi) is 3.93. The molecule has 0 aliphatic carbocycles. The van der Waals surface area contributed by atoms with Crippen LogP contribution in [0.5, 0.6) is 5.88 Å². The summed E-state index contributed by atoms with van der Waals surface area (Å²) in [5.41, 5.74) is 1.23. The lowest BCUT2D eigenvalue weighted by Crippen LogP contribution is -2.42. The highest BCUT2D eigenvalue weighted by molar-refractivity contribution is 9.10. The summed E-state index contributed by atoms with van der Waals surface area (Å²) in [6.45, 7) is 0. The van der Waals surface area contributed by atoms with E-state index < -0.39 is 5.56 Å². The van der Waals surface area contributed by atoms with Gasteiger partial charge in [-0.3, -0.25) is 15.2 Å². The molecule has 0 atom stereocenters. The predicted octanol–water partition coefficient (Wildman–Crippen LogP) is 2.05. The van der Waals surface area contributed by atoms with Gasteiger partial charge in [0.05, 0.1) is 10.9 Å². The Labute approximate surface area is 156 Å². The first-order chi connectivity index (χ1) is 12.5. The van der Waals surface area contributed by atoms with E-state index in [-0.39, 0.29) is 22.6 Å². The zero-order chi connectivity index (χ0) is 18.3. The maximum absolute atomic E-state index is 12.4. The summed E-state index contributed by atoms with van der Waals surface area (Å²) in [5, 5.41) is 24.9.